The van der Waals surface area contributed by atoms with Gasteiger partial charge in [-0.25, -0.2) is 0 Å². The van der Waals surface area contributed by atoms with Crippen LogP contribution in [-0.2, 0) is 0 Å². The van der Waals surface area contributed by atoms with E-state index < -0.39 is 0 Å². The van der Waals surface area contributed by atoms with E-state index in [0.29, 0.717) is 16.7 Å². The van der Waals surface area contributed by atoms with Gasteiger partial charge in [0, 0.05) is 10.0 Å². The van der Waals surface area contributed by atoms with E-state index >= 15 is 0 Å². The zero-order valence-corrected chi connectivity index (χ0v) is 14.9. The fourth-order valence-electron chi connectivity index (χ4n) is 2.10. The van der Waals surface area contributed by atoms with Gasteiger partial charge in [-0.05, 0) is 32.0 Å². The van der Waals surface area contributed by atoms with Crippen LogP contribution in [0.1, 0.15) is 25.5 Å². The van der Waals surface area contributed by atoms with Gasteiger partial charge in [-0.15, -0.1) is 0 Å². The number of halogens is 3. The molecule has 2 rings (SSSR count). The van der Waals surface area contributed by atoms with Crippen molar-refractivity contribution in [2.24, 2.45) is 0 Å². The molecule has 0 saturated carbocycles. The van der Waals surface area contributed by atoms with Gasteiger partial charge in [-0.2, -0.15) is 0 Å². The molecule has 0 saturated heterocycles. The van der Waals surface area contributed by atoms with Crippen molar-refractivity contribution in [3.05, 3.63) is 56.5 Å². The first kappa shape index (κ1) is 16.5. The minimum atomic E-state index is 0.0175. The molecule has 0 amide bonds. The lowest BCUT2D eigenvalue weighted by atomic mass is 10.1. The van der Waals surface area contributed by atoms with Gasteiger partial charge in [-0.1, -0.05) is 57.3 Å². The molecule has 0 spiro atoms. The molecule has 2 aromatic carbocycles. The van der Waals surface area contributed by atoms with Crippen molar-refractivity contribution in [1.82, 2.24) is 0 Å². The smallest absolute Gasteiger partial charge is 0.124 e. The molecular formula is C16H16BrCl2NO. The van der Waals surface area contributed by atoms with Gasteiger partial charge in [0.2, 0.25) is 0 Å². The summed E-state index contributed by atoms with van der Waals surface area (Å²) in [5.41, 5.74) is 1.79. The zero-order valence-electron chi connectivity index (χ0n) is 11.8. The maximum absolute atomic E-state index is 6.26. The Kier molecular flexibility index (Phi) is 5.80. The largest absolute Gasteiger partial charge is 0.494 e. The maximum Gasteiger partial charge on any atom is 0.124 e. The number of rotatable bonds is 5. The molecule has 0 bridgehead atoms. The average molecular weight is 389 g/mol. The summed E-state index contributed by atoms with van der Waals surface area (Å²) in [4.78, 5) is 0. The summed E-state index contributed by atoms with van der Waals surface area (Å²) in [6, 6.07) is 11.6. The molecule has 2 aromatic rings. The second-order valence-corrected chi connectivity index (χ2v) is 6.31. The van der Waals surface area contributed by atoms with Gasteiger partial charge in [0.15, 0.2) is 0 Å². The average Bonchev–Trinajstić information content (AvgIpc) is 2.43. The van der Waals surface area contributed by atoms with Crippen molar-refractivity contribution < 1.29 is 4.74 Å². The number of nitrogens with one attached hydrogen (secondary N) is 1. The van der Waals surface area contributed by atoms with E-state index in [-0.39, 0.29) is 6.04 Å². The van der Waals surface area contributed by atoms with Crippen LogP contribution in [0.3, 0.4) is 0 Å². The normalized spacial score (nSPS) is 12.0. The molecule has 0 fully saturated rings. The molecular weight excluding hydrogens is 373 g/mol. The molecule has 0 aliphatic carbocycles. The first-order valence-electron chi connectivity index (χ1n) is 6.65. The highest BCUT2D eigenvalue weighted by Gasteiger charge is 2.15. The monoisotopic (exact) mass is 387 g/mol. The predicted octanol–water partition coefficient (Wildman–Crippen LogP) is 6.33. The van der Waals surface area contributed by atoms with Crippen molar-refractivity contribution in [1.29, 1.82) is 0 Å². The number of benzene rings is 2. The van der Waals surface area contributed by atoms with E-state index in [4.69, 9.17) is 27.9 Å². The Morgan fingerprint density at radius 3 is 2.43 bits per heavy atom. The predicted molar refractivity (Wildman–Crippen MR) is 93.8 cm³/mol. The van der Waals surface area contributed by atoms with Crippen LogP contribution in [0.25, 0.3) is 0 Å². The van der Waals surface area contributed by atoms with E-state index in [1.807, 2.05) is 50.2 Å². The third-order valence-corrected chi connectivity index (χ3v) is 4.11. The highest BCUT2D eigenvalue weighted by atomic mass is 79.9. The van der Waals surface area contributed by atoms with Crippen LogP contribution in [0.2, 0.25) is 10.0 Å². The summed E-state index contributed by atoms with van der Waals surface area (Å²) < 4.78 is 6.51. The summed E-state index contributed by atoms with van der Waals surface area (Å²) in [6.07, 6.45) is 0. The van der Waals surface area contributed by atoms with E-state index in [1.165, 1.54) is 0 Å². The van der Waals surface area contributed by atoms with E-state index in [0.717, 1.165) is 21.5 Å². The van der Waals surface area contributed by atoms with Crippen molar-refractivity contribution in [3.8, 4) is 5.75 Å². The standard InChI is InChI=1S/C16H16BrCl2NO/c1-3-21-15-7-5-4-6-12(15)10(2)20-16-13(18)8-11(17)9-14(16)19/h4-10,20H,3H2,1-2H3. The molecule has 5 heteroatoms. The van der Waals surface area contributed by atoms with Gasteiger partial charge in [-0.3, -0.25) is 0 Å². The lowest BCUT2D eigenvalue weighted by Crippen LogP contribution is -2.09. The van der Waals surface area contributed by atoms with Crippen LogP contribution in [0.15, 0.2) is 40.9 Å². The number of ether oxygens (including phenoxy) is 1. The summed E-state index contributed by atoms with van der Waals surface area (Å²) in [5.74, 6) is 0.865. The third-order valence-electron chi connectivity index (χ3n) is 3.05. The van der Waals surface area contributed by atoms with Crippen LogP contribution >= 0.6 is 39.1 Å². The number of anilines is 1. The second kappa shape index (κ2) is 7.39. The Morgan fingerprint density at radius 1 is 1.19 bits per heavy atom. The minimum Gasteiger partial charge on any atom is -0.494 e. The lowest BCUT2D eigenvalue weighted by Gasteiger charge is -2.20. The molecule has 0 aliphatic heterocycles. The molecule has 1 atom stereocenters. The van der Waals surface area contributed by atoms with Crippen molar-refractivity contribution in [2.75, 3.05) is 11.9 Å². The molecule has 0 heterocycles. The molecule has 0 radical (unpaired) electrons. The van der Waals surface area contributed by atoms with E-state index in [9.17, 15) is 0 Å². The van der Waals surface area contributed by atoms with Crippen molar-refractivity contribution in [2.45, 2.75) is 19.9 Å². The van der Waals surface area contributed by atoms with Crippen LogP contribution in [0.5, 0.6) is 5.75 Å². The Hall–Kier alpha value is -0.900. The molecule has 2 nitrogen and oxygen atoms in total. The topological polar surface area (TPSA) is 21.3 Å². The molecule has 112 valence electrons. The van der Waals surface area contributed by atoms with E-state index in [2.05, 4.69) is 21.2 Å². The Morgan fingerprint density at radius 2 is 1.81 bits per heavy atom. The SMILES string of the molecule is CCOc1ccccc1C(C)Nc1c(Cl)cc(Br)cc1Cl. The van der Waals surface area contributed by atoms with Gasteiger partial charge in [0.25, 0.3) is 0 Å². The van der Waals surface area contributed by atoms with Crippen molar-refractivity contribution in [3.63, 3.8) is 0 Å². The van der Waals surface area contributed by atoms with Gasteiger partial charge in [0.05, 0.1) is 28.4 Å². The maximum atomic E-state index is 6.26. The Labute approximate surface area is 143 Å². The molecule has 0 aliphatic rings. The molecule has 1 unspecified atom stereocenters. The summed E-state index contributed by atoms with van der Waals surface area (Å²) in [7, 11) is 0. The molecule has 0 aromatic heterocycles. The molecule has 21 heavy (non-hydrogen) atoms. The van der Waals surface area contributed by atoms with Gasteiger partial charge < -0.3 is 10.1 Å². The highest BCUT2D eigenvalue weighted by Crippen LogP contribution is 2.37. The fourth-order valence-corrected chi connectivity index (χ4v) is 3.42. The second-order valence-electron chi connectivity index (χ2n) is 4.58. The highest BCUT2D eigenvalue weighted by molar-refractivity contribution is 9.10. The number of hydrogen-bond acceptors (Lipinski definition) is 2. The van der Waals surface area contributed by atoms with Crippen molar-refractivity contribution >= 4 is 44.8 Å². The Bertz CT molecular complexity index is 610. The van der Waals surface area contributed by atoms with Gasteiger partial charge in [0.1, 0.15) is 5.75 Å². The van der Waals surface area contributed by atoms with Crippen LogP contribution < -0.4 is 10.1 Å². The van der Waals surface area contributed by atoms with Gasteiger partial charge >= 0.3 is 0 Å². The number of hydrogen-bond donors (Lipinski definition) is 1. The molecule has 1 N–H and O–H groups in total. The third kappa shape index (κ3) is 4.06. The quantitative estimate of drug-likeness (QED) is 0.646. The van der Waals surface area contributed by atoms with Crippen LogP contribution in [-0.4, -0.2) is 6.61 Å². The summed E-state index contributed by atoms with van der Waals surface area (Å²) >= 11 is 15.9. The van der Waals surface area contributed by atoms with Crippen LogP contribution in [0.4, 0.5) is 5.69 Å². The summed E-state index contributed by atoms with van der Waals surface area (Å²) in [5, 5.41) is 4.51. The lowest BCUT2D eigenvalue weighted by molar-refractivity contribution is 0.335. The zero-order chi connectivity index (χ0) is 15.4. The number of para-hydroxylation sites is 1. The first-order valence-corrected chi connectivity index (χ1v) is 8.20. The fraction of sp³-hybridized carbons (Fsp3) is 0.250. The van der Waals surface area contributed by atoms with E-state index in [1.54, 1.807) is 0 Å². The minimum absolute atomic E-state index is 0.0175. The summed E-state index contributed by atoms with van der Waals surface area (Å²) in [6.45, 7) is 4.65. The Balaban J connectivity index is 2.28. The van der Waals surface area contributed by atoms with Crippen LogP contribution in [0, 0.1) is 0 Å². The first-order chi connectivity index (χ1) is 10.0.